The number of rotatable bonds is 10. The van der Waals surface area contributed by atoms with Crippen LogP contribution in [0.1, 0.15) is 36.8 Å². The number of ether oxygens (including phenoxy) is 1. The molecule has 0 spiro atoms. The van der Waals surface area contributed by atoms with Crippen molar-refractivity contribution in [1.82, 2.24) is 10.2 Å². The predicted molar refractivity (Wildman–Crippen MR) is 151 cm³/mol. The van der Waals surface area contributed by atoms with Gasteiger partial charge in [0.2, 0.25) is 5.91 Å². The van der Waals surface area contributed by atoms with Crippen LogP contribution in [0.4, 0.5) is 0 Å². The predicted octanol–water partition coefficient (Wildman–Crippen LogP) is 6.02. The second kappa shape index (κ2) is 13.1. The van der Waals surface area contributed by atoms with Crippen LogP contribution < -0.4 is 10.1 Å². The SMILES string of the molecule is O=C(NC1CCCC1)C(Cc1ccccc1)N(Cc1cccc(Cl)c1)C(=O)COc1ccc(I)cc1. The van der Waals surface area contributed by atoms with Crippen LogP contribution in [-0.2, 0) is 22.6 Å². The van der Waals surface area contributed by atoms with E-state index in [1.165, 1.54) is 0 Å². The van der Waals surface area contributed by atoms with E-state index in [2.05, 4.69) is 27.9 Å². The quantitative estimate of drug-likeness (QED) is 0.284. The Labute approximate surface area is 231 Å². The van der Waals surface area contributed by atoms with Crippen LogP contribution in [0.25, 0.3) is 0 Å². The summed E-state index contributed by atoms with van der Waals surface area (Å²) in [5.74, 6) is 0.230. The van der Waals surface area contributed by atoms with Crippen LogP contribution in [0.15, 0.2) is 78.9 Å². The van der Waals surface area contributed by atoms with Gasteiger partial charge in [0.1, 0.15) is 11.8 Å². The summed E-state index contributed by atoms with van der Waals surface area (Å²) in [6, 6.07) is 24.2. The lowest BCUT2D eigenvalue weighted by atomic mass is 10.0. The molecule has 1 fully saturated rings. The topological polar surface area (TPSA) is 58.6 Å². The van der Waals surface area contributed by atoms with Crippen molar-refractivity contribution >= 4 is 46.0 Å². The van der Waals surface area contributed by atoms with Crippen molar-refractivity contribution in [1.29, 1.82) is 0 Å². The molecule has 0 heterocycles. The third-order valence-electron chi connectivity index (χ3n) is 6.39. The molecule has 0 bridgehead atoms. The number of halogens is 2. The van der Waals surface area contributed by atoms with E-state index in [1.807, 2.05) is 72.8 Å². The van der Waals surface area contributed by atoms with Crippen LogP contribution in [-0.4, -0.2) is 35.4 Å². The van der Waals surface area contributed by atoms with E-state index in [0.717, 1.165) is 40.4 Å². The van der Waals surface area contributed by atoms with Gasteiger partial charge in [-0.15, -0.1) is 0 Å². The summed E-state index contributed by atoms with van der Waals surface area (Å²) >= 11 is 8.46. The molecule has 4 rings (SSSR count). The van der Waals surface area contributed by atoms with E-state index in [1.54, 1.807) is 11.0 Å². The van der Waals surface area contributed by atoms with E-state index in [-0.39, 0.29) is 31.0 Å². The Morgan fingerprint density at radius 1 is 0.972 bits per heavy atom. The standard InChI is InChI=1S/C29H30ClIN2O3/c30-23-10-6-9-22(17-23)19-33(28(34)20-36-26-15-13-24(31)14-16-26)27(18-21-7-2-1-3-8-21)29(35)32-25-11-4-5-12-25/h1-3,6-10,13-17,25,27H,4-5,11-12,18-20H2,(H,32,35). The number of benzene rings is 3. The lowest BCUT2D eigenvalue weighted by molar-refractivity contribution is -0.143. The lowest BCUT2D eigenvalue weighted by Gasteiger charge is -2.32. The molecule has 0 radical (unpaired) electrons. The van der Waals surface area contributed by atoms with Crippen LogP contribution in [0.3, 0.4) is 0 Å². The van der Waals surface area contributed by atoms with Gasteiger partial charge in [0.05, 0.1) is 0 Å². The molecule has 188 valence electrons. The number of hydrogen-bond donors (Lipinski definition) is 1. The summed E-state index contributed by atoms with van der Waals surface area (Å²) in [4.78, 5) is 28.9. The van der Waals surface area contributed by atoms with Crippen molar-refractivity contribution in [2.24, 2.45) is 0 Å². The highest BCUT2D eigenvalue weighted by molar-refractivity contribution is 14.1. The number of amides is 2. The molecular formula is C29H30ClIN2O3. The Morgan fingerprint density at radius 2 is 1.67 bits per heavy atom. The second-order valence-electron chi connectivity index (χ2n) is 9.09. The van der Waals surface area contributed by atoms with Crippen molar-refractivity contribution < 1.29 is 14.3 Å². The molecule has 0 aromatic heterocycles. The van der Waals surface area contributed by atoms with Crippen LogP contribution >= 0.6 is 34.2 Å². The molecular weight excluding hydrogens is 587 g/mol. The molecule has 1 aliphatic carbocycles. The van der Waals surface area contributed by atoms with Gasteiger partial charge in [0, 0.05) is 27.6 Å². The number of nitrogens with zero attached hydrogens (tertiary/aromatic N) is 1. The summed E-state index contributed by atoms with van der Waals surface area (Å²) in [6.45, 7) is 0.0915. The molecule has 1 atom stereocenters. The fraction of sp³-hybridized carbons (Fsp3) is 0.310. The summed E-state index contributed by atoms with van der Waals surface area (Å²) in [5.41, 5.74) is 1.85. The smallest absolute Gasteiger partial charge is 0.261 e. The van der Waals surface area contributed by atoms with Gasteiger partial charge in [-0.1, -0.05) is 66.9 Å². The minimum absolute atomic E-state index is 0.129. The maximum absolute atomic E-state index is 13.6. The first kappa shape index (κ1) is 26.5. The maximum atomic E-state index is 13.6. The Kier molecular flexibility index (Phi) is 9.64. The summed E-state index contributed by atoms with van der Waals surface area (Å²) in [5, 5.41) is 3.80. The van der Waals surface area contributed by atoms with E-state index in [0.29, 0.717) is 17.2 Å². The van der Waals surface area contributed by atoms with Crippen LogP contribution in [0.2, 0.25) is 5.02 Å². The Morgan fingerprint density at radius 3 is 2.36 bits per heavy atom. The van der Waals surface area contributed by atoms with Gasteiger partial charge in [-0.2, -0.15) is 0 Å². The number of nitrogens with one attached hydrogen (secondary N) is 1. The largest absolute Gasteiger partial charge is 0.484 e. The zero-order valence-electron chi connectivity index (χ0n) is 20.0. The average molecular weight is 617 g/mol. The Bertz CT molecular complexity index is 1150. The first-order chi connectivity index (χ1) is 17.5. The molecule has 1 unspecified atom stereocenters. The van der Waals surface area contributed by atoms with E-state index < -0.39 is 6.04 Å². The molecule has 0 saturated heterocycles. The second-order valence-corrected chi connectivity index (χ2v) is 10.8. The normalized spacial score (nSPS) is 14.3. The van der Waals surface area contributed by atoms with Gasteiger partial charge in [-0.3, -0.25) is 9.59 Å². The van der Waals surface area contributed by atoms with Gasteiger partial charge in [0.25, 0.3) is 5.91 Å². The summed E-state index contributed by atoms with van der Waals surface area (Å²) in [6.07, 6.45) is 4.59. The van der Waals surface area contributed by atoms with Crippen molar-refractivity contribution in [3.8, 4) is 5.75 Å². The summed E-state index contributed by atoms with van der Waals surface area (Å²) in [7, 11) is 0. The fourth-order valence-corrected chi connectivity index (χ4v) is 5.08. The average Bonchev–Trinajstić information content (AvgIpc) is 3.39. The van der Waals surface area contributed by atoms with Gasteiger partial charge in [-0.05, 0) is 83.0 Å². The zero-order valence-corrected chi connectivity index (χ0v) is 23.0. The lowest BCUT2D eigenvalue weighted by Crippen LogP contribution is -2.53. The molecule has 3 aromatic rings. The van der Waals surface area contributed by atoms with Crippen molar-refractivity contribution in [3.05, 3.63) is 98.6 Å². The Hall–Kier alpha value is -2.58. The maximum Gasteiger partial charge on any atom is 0.261 e. The minimum atomic E-state index is -0.681. The Balaban J connectivity index is 1.60. The molecule has 2 amide bonds. The molecule has 3 aromatic carbocycles. The van der Waals surface area contributed by atoms with Gasteiger partial charge >= 0.3 is 0 Å². The minimum Gasteiger partial charge on any atom is -0.484 e. The molecule has 0 aliphatic heterocycles. The van der Waals surface area contributed by atoms with E-state index in [4.69, 9.17) is 16.3 Å². The van der Waals surface area contributed by atoms with E-state index in [9.17, 15) is 9.59 Å². The molecule has 1 N–H and O–H groups in total. The molecule has 7 heteroatoms. The highest BCUT2D eigenvalue weighted by Gasteiger charge is 2.32. The van der Waals surface area contributed by atoms with Crippen molar-refractivity contribution in [2.75, 3.05) is 6.61 Å². The van der Waals surface area contributed by atoms with E-state index >= 15 is 0 Å². The molecule has 36 heavy (non-hydrogen) atoms. The number of carbonyl (C=O) groups excluding carboxylic acids is 2. The van der Waals surface area contributed by atoms with Gasteiger partial charge < -0.3 is 15.0 Å². The first-order valence-corrected chi connectivity index (χ1v) is 13.7. The fourth-order valence-electron chi connectivity index (χ4n) is 4.51. The zero-order chi connectivity index (χ0) is 25.3. The monoisotopic (exact) mass is 616 g/mol. The number of carbonyl (C=O) groups is 2. The van der Waals surface area contributed by atoms with Crippen LogP contribution in [0, 0.1) is 3.57 Å². The third-order valence-corrected chi connectivity index (χ3v) is 7.34. The first-order valence-electron chi connectivity index (χ1n) is 12.2. The van der Waals surface area contributed by atoms with Crippen molar-refractivity contribution in [2.45, 2.75) is 50.7 Å². The van der Waals surface area contributed by atoms with Crippen LogP contribution in [0.5, 0.6) is 5.75 Å². The summed E-state index contributed by atoms with van der Waals surface area (Å²) < 4.78 is 6.91. The van der Waals surface area contributed by atoms with Gasteiger partial charge in [-0.25, -0.2) is 0 Å². The molecule has 5 nitrogen and oxygen atoms in total. The number of hydrogen-bond acceptors (Lipinski definition) is 3. The molecule has 1 aliphatic rings. The third kappa shape index (κ3) is 7.71. The molecule has 1 saturated carbocycles. The highest BCUT2D eigenvalue weighted by atomic mass is 127. The van der Waals surface area contributed by atoms with Crippen molar-refractivity contribution in [3.63, 3.8) is 0 Å². The highest BCUT2D eigenvalue weighted by Crippen LogP contribution is 2.21. The van der Waals surface area contributed by atoms with Gasteiger partial charge in [0.15, 0.2) is 6.61 Å².